The van der Waals surface area contributed by atoms with E-state index < -0.39 is 74.6 Å². The standard InChI is InChI=1S/C53H72N2O11/c1-26-30-12-13-31-32-11-9-28-15-36-38(19-47(28,6)50(32,61)22-40(58)49(30,31)25-63-53(26)42(60)20-44(2,3)65-53)55-35-14-27-8-10-29-33(46(27,5)18-37(35)54-36)16-39(57)48(7)34(29)17-43-51(48,62)23-52(64-43)41(59)21-45(4,24-56)66-52/h13,17,26-30,32-33,39,41-43,56-57,59-62H,8-12,14-16,18-25H2,1-7H3/t26?,27-,28-,29-,30+,32-,33-,39?,41+,42?,43-,45-,46?,47-,48?,49+,50+,51+,52-,53+/m0/s1. The van der Waals surface area contributed by atoms with Gasteiger partial charge in [-0.2, -0.15) is 0 Å². The number of aliphatic hydroxyl groups is 6. The minimum Gasteiger partial charge on any atom is -0.393 e. The Hall–Kier alpha value is -2.17. The van der Waals surface area contributed by atoms with Crippen LogP contribution in [0, 0.1) is 63.1 Å². The van der Waals surface area contributed by atoms with Crippen molar-refractivity contribution in [2.75, 3.05) is 13.2 Å². The Balaban J connectivity index is 0.769. The molecule has 360 valence electrons. The van der Waals surface area contributed by atoms with Crippen LogP contribution in [0.15, 0.2) is 23.3 Å². The van der Waals surface area contributed by atoms with Gasteiger partial charge in [-0.05, 0) is 120 Å². The molecule has 13 rings (SSSR count). The summed E-state index contributed by atoms with van der Waals surface area (Å²) in [5, 5.41) is 70.9. The highest BCUT2D eigenvalue weighted by atomic mass is 16.7. The molecular weight excluding hydrogens is 841 g/mol. The van der Waals surface area contributed by atoms with E-state index >= 15 is 0 Å². The minimum absolute atomic E-state index is 0.0169. The number of hydrogen-bond acceptors (Lipinski definition) is 13. The van der Waals surface area contributed by atoms with Gasteiger partial charge < -0.3 is 49.6 Å². The zero-order valence-electron chi connectivity index (χ0n) is 39.9. The molecule has 8 fully saturated rings. The summed E-state index contributed by atoms with van der Waals surface area (Å²) in [5.74, 6) is -2.17. The molecular formula is C53H72N2O11. The number of ketones is 1. The number of hydrogen-bond donors (Lipinski definition) is 6. The predicted molar refractivity (Wildman–Crippen MR) is 237 cm³/mol. The molecule has 0 aromatic carbocycles. The average molecular weight is 913 g/mol. The Kier molecular flexibility index (Phi) is 8.64. The number of rotatable bonds is 1. The summed E-state index contributed by atoms with van der Waals surface area (Å²) in [4.78, 5) is 26.0. The molecule has 5 unspecified atom stereocenters. The van der Waals surface area contributed by atoms with Crippen LogP contribution in [-0.2, 0) is 49.4 Å². The molecule has 4 aliphatic heterocycles. The lowest BCUT2D eigenvalue weighted by molar-refractivity contribution is -0.337. The molecule has 3 spiro atoms. The first-order valence-corrected chi connectivity index (χ1v) is 25.6. The van der Waals surface area contributed by atoms with E-state index in [4.69, 9.17) is 28.9 Å². The molecule has 6 N–H and O–H groups in total. The third kappa shape index (κ3) is 4.96. The smallest absolute Gasteiger partial charge is 0.198 e. The second-order valence-electron chi connectivity index (χ2n) is 25.8. The monoisotopic (exact) mass is 913 g/mol. The van der Waals surface area contributed by atoms with Crippen LogP contribution in [-0.4, -0.2) is 118 Å². The van der Waals surface area contributed by atoms with Crippen molar-refractivity contribution < 1.29 is 54.4 Å². The minimum atomic E-state index is -1.47. The number of Topliss-reactive ketones (excluding diaryl/α,β-unsaturated/α-hetero) is 1. The Morgan fingerprint density at radius 1 is 0.773 bits per heavy atom. The molecule has 4 saturated carbocycles. The third-order valence-electron chi connectivity index (χ3n) is 22.5. The summed E-state index contributed by atoms with van der Waals surface area (Å²) < 4.78 is 26.0. The van der Waals surface area contributed by atoms with Crippen LogP contribution in [0.2, 0.25) is 0 Å². The highest BCUT2D eigenvalue weighted by Crippen LogP contribution is 2.72. The van der Waals surface area contributed by atoms with Crippen molar-refractivity contribution in [1.82, 2.24) is 9.97 Å². The summed E-state index contributed by atoms with van der Waals surface area (Å²) in [6, 6.07) is 0. The topological polar surface area (TPSA) is 201 Å². The van der Waals surface area contributed by atoms with Gasteiger partial charge in [0, 0.05) is 48.3 Å². The first-order valence-electron chi connectivity index (χ1n) is 25.6. The lowest BCUT2D eigenvalue weighted by Gasteiger charge is -2.64. The summed E-state index contributed by atoms with van der Waals surface area (Å²) in [6.45, 7) is 14.3. The highest BCUT2D eigenvalue weighted by Gasteiger charge is 2.77. The number of allylic oxidation sites excluding steroid dienone is 1. The van der Waals surface area contributed by atoms with E-state index in [1.807, 2.05) is 26.8 Å². The number of aliphatic hydroxyl groups excluding tert-OH is 4. The van der Waals surface area contributed by atoms with Crippen molar-refractivity contribution in [2.45, 2.75) is 197 Å². The zero-order valence-corrected chi connectivity index (χ0v) is 39.9. The predicted octanol–water partition coefficient (Wildman–Crippen LogP) is 4.37. The second-order valence-corrected chi connectivity index (χ2v) is 25.8. The molecule has 0 bridgehead atoms. The molecule has 13 heteroatoms. The Morgan fingerprint density at radius 3 is 2.18 bits per heavy atom. The molecule has 4 saturated heterocycles. The van der Waals surface area contributed by atoms with Crippen molar-refractivity contribution in [1.29, 1.82) is 0 Å². The number of nitrogens with zero attached hydrogens (tertiary/aromatic N) is 2. The van der Waals surface area contributed by atoms with Gasteiger partial charge in [0.25, 0.3) is 0 Å². The average Bonchev–Trinajstić information content (AvgIpc) is 3.97. The molecule has 12 aliphatic rings. The van der Waals surface area contributed by atoms with Crippen LogP contribution < -0.4 is 0 Å². The molecule has 5 heterocycles. The van der Waals surface area contributed by atoms with Gasteiger partial charge in [-0.1, -0.05) is 51.0 Å². The van der Waals surface area contributed by atoms with Gasteiger partial charge in [0.2, 0.25) is 0 Å². The van der Waals surface area contributed by atoms with E-state index in [9.17, 15) is 35.4 Å². The Morgan fingerprint density at radius 2 is 1.48 bits per heavy atom. The van der Waals surface area contributed by atoms with Crippen LogP contribution in [0.5, 0.6) is 0 Å². The van der Waals surface area contributed by atoms with Gasteiger partial charge in [-0.25, -0.2) is 0 Å². The molecule has 1 aromatic rings. The number of carbonyl (C=O) groups excluding carboxylic acids is 1. The van der Waals surface area contributed by atoms with Gasteiger partial charge in [0.05, 0.1) is 64.3 Å². The first kappa shape index (κ1) is 43.8. The third-order valence-corrected chi connectivity index (χ3v) is 22.5. The van der Waals surface area contributed by atoms with Crippen molar-refractivity contribution in [3.63, 3.8) is 0 Å². The van der Waals surface area contributed by atoms with Crippen molar-refractivity contribution >= 4 is 5.78 Å². The second kappa shape index (κ2) is 13.0. The maximum atomic E-state index is 15.0. The summed E-state index contributed by atoms with van der Waals surface area (Å²) in [5.41, 5.74) is -0.540. The van der Waals surface area contributed by atoms with E-state index in [-0.39, 0.29) is 79.2 Å². The SMILES string of the molecule is CC1[C@H]2CC=C3[C@@H]4CC[C@H]5Cc6nc7c(nc6C[C@]5(C)[C@@]4(O)CC(=O)[C@@]32CO[C@@]12OC(C)(C)CC2O)C[C@@H]1CC[C@@H]2C3=C[C@@H]4O[C@@]5(C[C@]4(O)C3(C)C(O)C[C@@H]2C1(C)C7)O[C@](C)(CO)C[C@H]5O. The molecule has 66 heavy (non-hydrogen) atoms. The lowest BCUT2D eigenvalue weighted by atomic mass is 9.42. The van der Waals surface area contributed by atoms with Crippen LogP contribution in [0.25, 0.3) is 0 Å². The summed E-state index contributed by atoms with van der Waals surface area (Å²) in [7, 11) is 0. The van der Waals surface area contributed by atoms with Crippen molar-refractivity contribution in [2.24, 2.45) is 63.1 Å². The fraction of sp³-hybridized carbons (Fsp3) is 0.830. The van der Waals surface area contributed by atoms with Crippen LogP contribution in [0.3, 0.4) is 0 Å². The maximum absolute atomic E-state index is 15.0. The normalized spacial score (nSPS) is 56.8. The first-order chi connectivity index (χ1) is 30.9. The number of ether oxygens (including phenoxy) is 4. The molecule has 8 aliphatic carbocycles. The lowest BCUT2D eigenvalue weighted by Crippen LogP contribution is -2.70. The van der Waals surface area contributed by atoms with Gasteiger partial charge in [-0.3, -0.25) is 14.8 Å². The van der Waals surface area contributed by atoms with Gasteiger partial charge >= 0.3 is 0 Å². The van der Waals surface area contributed by atoms with Crippen LogP contribution in [0.1, 0.15) is 135 Å². The van der Waals surface area contributed by atoms with Gasteiger partial charge in [-0.15, -0.1) is 0 Å². The number of carbonyl (C=O) groups is 1. The Bertz CT molecular complexity index is 2410. The Labute approximate surface area is 388 Å². The molecule has 13 nitrogen and oxygen atoms in total. The molecule has 20 atom stereocenters. The van der Waals surface area contributed by atoms with E-state index in [2.05, 4.69) is 26.8 Å². The largest absolute Gasteiger partial charge is 0.393 e. The number of fused-ring (bicyclic) bond motifs is 13. The van der Waals surface area contributed by atoms with Gasteiger partial charge in [0.15, 0.2) is 11.6 Å². The van der Waals surface area contributed by atoms with E-state index in [0.717, 1.165) is 72.4 Å². The summed E-state index contributed by atoms with van der Waals surface area (Å²) in [6.07, 6.45) is 9.41. The van der Waals surface area contributed by atoms with Crippen LogP contribution >= 0.6 is 0 Å². The van der Waals surface area contributed by atoms with E-state index in [1.165, 1.54) is 0 Å². The number of aromatic nitrogens is 2. The quantitative estimate of drug-likeness (QED) is 0.217. The zero-order chi connectivity index (χ0) is 46.4. The molecule has 1 aromatic heterocycles. The molecule has 0 radical (unpaired) electrons. The van der Waals surface area contributed by atoms with Crippen molar-refractivity contribution in [3.8, 4) is 0 Å². The fourth-order valence-electron chi connectivity index (χ4n) is 18.8. The van der Waals surface area contributed by atoms with Crippen molar-refractivity contribution in [3.05, 3.63) is 46.1 Å². The fourth-order valence-corrected chi connectivity index (χ4v) is 18.8. The maximum Gasteiger partial charge on any atom is 0.198 e. The summed E-state index contributed by atoms with van der Waals surface area (Å²) >= 11 is 0. The van der Waals surface area contributed by atoms with E-state index in [0.29, 0.717) is 38.0 Å². The van der Waals surface area contributed by atoms with Crippen LogP contribution in [0.4, 0.5) is 0 Å². The van der Waals surface area contributed by atoms with E-state index in [1.54, 1.807) is 6.92 Å². The highest BCUT2D eigenvalue weighted by molar-refractivity contribution is 5.92. The van der Waals surface area contributed by atoms with Gasteiger partial charge in [0.1, 0.15) is 29.7 Å². The molecule has 0 amide bonds.